The zero-order valence-corrected chi connectivity index (χ0v) is 12.7. The lowest BCUT2D eigenvalue weighted by molar-refractivity contribution is 0.103. The highest BCUT2D eigenvalue weighted by atomic mass is 35.5. The maximum Gasteiger partial charge on any atom is 0.204 e. The second-order valence-corrected chi connectivity index (χ2v) is 4.65. The molecular formula is C16H15ClO4. The van der Waals surface area contributed by atoms with Crippen LogP contribution in [0.4, 0.5) is 0 Å². The predicted molar refractivity (Wildman–Crippen MR) is 81.0 cm³/mol. The number of hydrogen-bond acceptors (Lipinski definition) is 4. The summed E-state index contributed by atoms with van der Waals surface area (Å²) in [6.07, 6.45) is 0. The second-order valence-electron chi connectivity index (χ2n) is 4.22. The van der Waals surface area contributed by atoms with E-state index >= 15 is 0 Å². The van der Waals surface area contributed by atoms with E-state index in [1.165, 1.54) is 21.3 Å². The van der Waals surface area contributed by atoms with Gasteiger partial charge in [0.1, 0.15) is 0 Å². The van der Waals surface area contributed by atoms with E-state index in [-0.39, 0.29) is 5.78 Å². The number of ether oxygens (including phenoxy) is 3. The van der Waals surface area contributed by atoms with Gasteiger partial charge in [-0.15, -0.1) is 0 Å². The first-order valence-corrected chi connectivity index (χ1v) is 6.59. The van der Waals surface area contributed by atoms with Crippen molar-refractivity contribution in [3.8, 4) is 17.2 Å². The second kappa shape index (κ2) is 6.50. The molecule has 0 aliphatic carbocycles. The first-order chi connectivity index (χ1) is 10.1. The first-order valence-electron chi connectivity index (χ1n) is 6.21. The number of benzene rings is 2. The SMILES string of the molecule is COc1ccc(C(=O)c2ccc(Cl)cc2)c(OC)c1OC. The first kappa shape index (κ1) is 15.2. The molecule has 0 amide bonds. The summed E-state index contributed by atoms with van der Waals surface area (Å²) in [7, 11) is 4.50. The molecule has 0 aromatic heterocycles. The van der Waals surface area contributed by atoms with Gasteiger partial charge in [0.25, 0.3) is 0 Å². The van der Waals surface area contributed by atoms with Gasteiger partial charge in [0.2, 0.25) is 5.75 Å². The Morgan fingerprint density at radius 1 is 0.857 bits per heavy atom. The van der Waals surface area contributed by atoms with Crippen LogP contribution in [0.2, 0.25) is 5.02 Å². The highest BCUT2D eigenvalue weighted by molar-refractivity contribution is 6.30. The third-order valence-electron chi connectivity index (χ3n) is 3.06. The molecule has 2 aromatic rings. The minimum Gasteiger partial charge on any atom is -0.493 e. The Morgan fingerprint density at radius 3 is 2.00 bits per heavy atom. The number of carbonyl (C=O) groups excluding carboxylic acids is 1. The molecule has 0 saturated carbocycles. The normalized spacial score (nSPS) is 10.1. The quantitative estimate of drug-likeness (QED) is 0.792. The lowest BCUT2D eigenvalue weighted by Gasteiger charge is -2.15. The van der Waals surface area contributed by atoms with Crippen LogP contribution in [0.3, 0.4) is 0 Å². The van der Waals surface area contributed by atoms with E-state index in [0.717, 1.165) is 0 Å². The van der Waals surface area contributed by atoms with Crippen LogP contribution in [0, 0.1) is 0 Å². The van der Waals surface area contributed by atoms with Crippen LogP contribution in [0.25, 0.3) is 0 Å². The van der Waals surface area contributed by atoms with Crippen molar-refractivity contribution in [3.63, 3.8) is 0 Å². The van der Waals surface area contributed by atoms with E-state index < -0.39 is 0 Å². The van der Waals surface area contributed by atoms with E-state index in [9.17, 15) is 4.79 Å². The summed E-state index contributed by atoms with van der Waals surface area (Å²) in [6, 6.07) is 9.99. The molecule has 2 aromatic carbocycles. The van der Waals surface area contributed by atoms with E-state index in [1.807, 2.05) is 0 Å². The van der Waals surface area contributed by atoms with Crippen LogP contribution in [0.1, 0.15) is 15.9 Å². The van der Waals surface area contributed by atoms with Gasteiger partial charge in [-0.2, -0.15) is 0 Å². The van der Waals surface area contributed by atoms with Gasteiger partial charge in [0, 0.05) is 10.6 Å². The Balaban J connectivity index is 2.53. The van der Waals surface area contributed by atoms with Gasteiger partial charge in [-0.3, -0.25) is 4.79 Å². The molecule has 0 radical (unpaired) electrons. The van der Waals surface area contributed by atoms with Crippen molar-refractivity contribution < 1.29 is 19.0 Å². The summed E-state index contributed by atoms with van der Waals surface area (Å²) in [5.41, 5.74) is 0.919. The molecule has 0 bridgehead atoms. The number of rotatable bonds is 5. The molecule has 2 rings (SSSR count). The summed E-state index contributed by atoms with van der Waals surface area (Å²) in [5, 5.41) is 0.575. The average Bonchev–Trinajstić information content (AvgIpc) is 2.53. The van der Waals surface area contributed by atoms with E-state index in [0.29, 0.717) is 33.4 Å². The minimum absolute atomic E-state index is 0.176. The topological polar surface area (TPSA) is 44.8 Å². The number of hydrogen-bond donors (Lipinski definition) is 0. The van der Waals surface area contributed by atoms with Crippen molar-refractivity contribution in [2.45, 2.75) is 0 Å². The van der Waals surface area contributed by atoms with Crippen LogP contribution < -0.4 is 14.2 Å². The molecule has 0 saturated heterocycles. The zero-order valence-electron chi connectivity index (χ0n) is 12.0. The Labute approximate surface area is 128 Å². The van der Waals surface area contributed by atoms with Crippen molar-refractivity contribution in [2.24, 2.45) is 0 Å². The predicted octanol–water partition coefficient (Wildman–Crippen LogP) is 3.60. The van der Waals surface area contributed by atoms with Crippen LogP contribution >= 0.6 is 11.6 Å². The summed E-state index contributed by atoms with van der Waals surface area (Å²) in [6.45, 7) is 0. The third-order valence-corrected chi connectivity index (χ3v) is 3.31. The average molecular weight is 307 g/mol. The Kier molecular flexibility index (Phi) is 4.70. The number of ketones is 1. The fourth-order valence-electron chi connectivity index (χ4n) is 2.04. The van der Waals surface area contributed by atoms with Gasteiger partial charge in [-0.05, 0) is 36.4 Å². The maximum absolute atomic E-state index is 12.6. The summed E-state index contributed by atoms with van der Waals surface area (Å²) in [5.74, 6) is 1.06. The minimum atomic E-state index is -0.176. The lowest BCUT2D eigenvalue weighted by Crippen LogP contribution is -2.06. The van der Waals surface area contributed by atoms with Crippen molar-refractivity contribution in [1.29, 1.82) is 0 Å². The van der Waals surface area contributed by atoms with Gasteiger partial charge in [0.15, 0.2) is 17.3 Å². The number of carbonyl (C=O) groups is 1. The summed E-state index contributed by atoms with van der Waals surface area (Å²) in [4.78, 5) is 12.6. The summed E-state index contributed by atoms with van der Waals surface area (Å²) >= 11 is 5.84. The van der Waals surface area contributed by atoms with Crippen molar-refractivity contribution in [1.82, 2.24) is 0 Å². The molecule has 0 aliphatic rings. The molecule has 0 aliphatic heterocycles. The van der Waals surface area contributed by atoms with E-state index in [1.54, 1.807) is 36.4 Å². The standard InChI is InChI=1S/C16H15ClO4/c1-19-13-9-8-12(15(20-2)16(13)21-3)14(18)10-4-6-11(17)7-5-10/h4-9H,1-3H3. The van der Waals surface area contributed by atoms with Crippen LogP contribution in [0.5, 0.6) is 17.2 Å². The third kappa shape index (κ3) is 2.95. The van der Waals surface area contributed by atoms with Crippen LogP contribution in [-0.2, 0) is 0 Å². The Morgan fingerprint density at radius 2 is 1.48 bits per heavy atom. The van der Waals surface area contributed by atoms with Crippen LogP contribution in [0.15, 0.2) is 36.4 Å². The fraction of sp³-hybridized carbons (Fsp3) is 0.188. The van der Waals surface area contributed by atoms with Gasteiger partial charge < -0.3 is 14.2 Å². The molecule has 0 heterocycles. The summed E-state index contributed by atoms with van der Waals surface area (Å²) < 4.78 is 15.8. The van der Waals surface area contributed by atoms with E-state index in [2.05, 4.69) is 0 Å². The van der Waals surface area contributed by atoms with Crippen molar-refractivity contribution >= 4 is 17.4 Å². The molecule has 110 valence electrons. The van der Waals surface area contributed by atoms with Gasteiger partial charge in [-0.1, -0.05) is 11.6 Å². The number of methoxy groups -OCH3 is 3. The Bertz CT molecular complexity index is 650. The van der Waals surface area contributed by atoms with Crippen LogP contribution in [-0.4, -0.2) is 27.1 Å². The molecule has 0 N–H and O–H groups in total. The van der Waals surface area contributed by atoms with Crippen molar-refractivity contribution in [3.05, 3.63) is 52.5 Å². The Hall–Kier alpha value is -2.20. The molecule has 0 spiro atoms. The molecular weight excluding hydrogens is 292 g/mol. The van der Waals surface area contributed by atoms with Gasteiger partial charge >= 0.3 is 0 Å². The molecule has 21 heavy (non-hydrogen) atoms. The zero-order chi connectivity index (χ0) is 15.4. The highest BCUT2D eigenvalue weighted by Gasteiger charge is 2.21. The molecule has 5 heteroatoms. The van der Waals surface area contributed by atoms with Crippen molar-refractivity contribution in [2.75, 3.05) is 21.3 Å². The van der Waals surface area contributed by atoms with Gasteiger partial charge in [0.05, 0.1) is 26.9 Å². The monoisotopic (exact) mass is 306 g/mol. The molecule has 0 atom stereocenters. The number of halogens is 1. The van der Waals surface area contributed by atoms with E-state index in [4.69, 9.17) is 25.8 Å². The lowest BCUT2D eigenvalue weighted by atomic mass is 10.0. The molecule has 0 unspecified atom stereocenters. The fourth-order valence-corrected chi connectivity index (χ4v) is 2.16. The highest BCUT2D eigenvalue weighted by Crippen LogP contribution is 2.40. The molecule has 4 nitrogen and oxygen atoms in total. The molecule has 0 fully saturated rings. The van der Waals surface area contributed by atoms with Gasteiger partial charge in [-0.25, -0.2) is 0 Å². The largest absolute Gasteiger partial charge is 0.493 e. The maximum atomic E-state index is 12.6. The smallest absolute Gasteiger partial charge is 0.204 e.